The minimum absolute atomic E-state index is 0.562. The molecule has 3 unspecified atom stereocenters. The number of ether oxygens (including phenoxy) is 1. The van der Waals surface area contributed by atoms with E-state index < -0.39 is 0 Å². The third-order valence-corrected chi connectivity index (χ3v) is 8.23. The van der Waals surface area contributed by atoms with Crippen LogP contribution in [-0.4, -0.2) is 31.1 Å². The lowest BCUT2D eigenvalue weighted by Gasteiger charge is -2.39. The highest BCUT2D eigenvalue weighted by molar-refractivity contribution is 5.67. The molecule has 3 atom stereocenters. The van der Waals surface area contributed by atoms with Crippen LogP contribution in [0.25, 0.3) is 11.1 Å². The van der Waals surface area contributed by atoms with Crippen LogP contribution in [0.5, 0.6) is 5.75 Å². The maximum atomic E-state index is 9.07. The molecule has 3 fully saturated rings. The fourth-order valence-corrected chi connectivity index (χ4v) is 6.46. The molecule has 0 N–H and O–H groups in total. The summed E-state index contributed by atoms with van der Waals surface area (Å²) in [6.45, 7) is 2.44. The molecule has 3 aliphatic rings. The quantitative estimate of drug-likeness (QED) is 0.582. The third kappa shape index (κ3) is 4.37. The molecule has 2 bridgehead atoms. The lowest BCUT2D eigenvalue weighted by molar-refractivity contribution is 0.125. The van der Waals surface area contributed by atoms with Crippen molar-refractivity contribution in [3.8, 4) is 22.9 Å². The van der Waals surface area contributed by atoms with Gasteiger partial charge in [-0.2, -0.15) is 5.26 Å². The van der Waals surface area contributed by atoms with Gasteiger partial charge in [-0.15, -0.1) is 0 Å². The second-order valence-corrected chi connectivity index (χ2v) is 9.97. The van der Waals surface area contributed by atoms with Crippen molar-refractivity contribution in [3.05, 3.63) is 53.6 Å². The van der Waals surface area contributed by atoms with E-state index in [1.165, 1.54) is 75.6 Å². The molecule has 2 aromatic rings. The van der Waals surface area contributed by atoms with Crippen molar-refractivity contribution in [2.24, 2.45) is 11.8 Å². The standard InChI is InChI=1S/C28H34N2O/c1-31-28-11-9-25(23-7-4-21(19-29)5-8-23)18-27(28)24-12-14-30(15-13-24)26-10-6-20-2-3-22(16-20)17-26/h4-5,7-9,11,18,20,22,24,26H,2-3,6,10,12-17H2,1H3. The number of hydrogen-bond donors (Lipinski definition) is 0. The maximum absolute atomic E-state index is 9.07. The van der Waals surface area contributed by atoms with Gasteiger partial charge >= 0.3 is 0 Å². The number of fused-ring (bicyclic) bond motifs is 2. The van der Waals surface area contributed by atoms with Crippen molar-refractivity contribution in [3.63, 3.8) is 0 Å². The summed E-state index contributed by atoms with van der Waals surface area (Å²) in [6, 6.07) is 17.5. The van der Waals surface area contributed by atoms with Crippen molar-refractivity contribution in [1.82, 2.24) is 4.90 Å². The second-order valence-electron chi connectivity index (χ2n) is 9.97. The molecule has 1 aliphatic heterocycles. The molecule has 0 aromatic heterocycles. The molecule has 2 saturated carbocycles. The number of likely N-dealkylation sites (tertiary alicyclic amines) is 1. The van der Waals surface area contributed by atoms with Gasteiger partial charge in [0.1, 0.15) is 5.75 Å². The molecule has 5 rings (SSSR count). The van der Waals surface area contributed by atoms with Crippen molar-refractivity contribution < 1.29 is 4.74 Å². The van der Waals surface area contributed by atoms with Gasteiger partial charge < -0.3 is 9.64 Å². The van der Waals surface area contributed by atoms with Crippen molar-refractivity contribution in [2.45, 2.75) is 63.3 Å². The molecule has 31 heavy (non-hydrogen) atoms. The summed E-state index contributed by atoms with van der Waals surface area (Å²) in [5.74, 6) is 3.61. The minimum atomic E-state index is 0.562. The normalized spacial score (nSPS) is 26.9. The van der Waals surface area contributed by atoms with E-state index in [1.54, 1.807) is 7.11 Å². The lowest BCUT2D eigenvalue weighted by Crippen LogP contribution is -2.41. The topological polar surface area (TPSA) is 36.3 Å². The molecule has 3 heteroatoms. The van der Waals surface area contributed by atoms with Crippen LogP contribution in [-0.2, 0) is 0 Å². The van der Waals surface area contributed by atoms with Gasteiger partial charge in [-0.3, -0.25) is 0 Å². The first kappa shape index (κ1) is 20.6. The molecule has 162 valence electrons. The average molecular weight is 415 g/mol. The summed E-state index contributed by atoms with van der Waals surface area (Å²) in [6.07, 6.45) is 11.2. The fourth-order valence-electron chi connectivity index (χ4n) is 6.46. The Bertz CT molecular complexity index is 936. The van der Waals surface area contributed by atoms with Gasteiger partial charge in [-0.25, -0.2) is 0 Å². The monoisotopic (exact) mass is 414 g/mol. The zero-order valence-electron chi connectivity index (χ0n) is 18.7. The molecule has 1 saturated heterocycles. The summed E-state index contributed by atoms with van der Waals surface area (Å²) >= 11 is 0. The molecule has 0 spiro atoms. The van der Waals surface area contributed by atoms with E-state index in [9.17, 15) is 0 Å². The Morgan fingerprint density at radius 2 is 1.55 bits per heavy atom. The van der Waals surface area contributed by atoms with E-state index in [4.69, 9.17) is 10.00 Å². The molecule has 3 nitrogen and oxygen atoms in total. The Hall–Kier alpha value is -2.31. The number of benzene rings is 2. The molecular formula is C28H34N2O. The van der Waals surface area contributed by atoms with Crippen LogP contribution in [0.1, 0.15) is 68.4 Å². The zero-order valence-corrected chi connectivity index (χ0v) is 18.7. The van der Waals surface area contributed by atoms with Crippen LogP contribution in [0.4, 0.5) is 0 Å². The Morgan fingerprint density at radius 3 is 2.29 bits per heavy atom. The predicted octanol–water partition coefficient (Wildman–Crippen LogP) is 6.38. The molecule has 0 radical (unpaired) electrons. The van der Waals surface area contributed by atoms with Gasteiger partial charge in [-0.1, -0.05) is 31.0 Å². The van der Waals surface area contributed by atoms with E-state index in [0.29, 0.717) is 11.5 Å². The number of methoxy groups -OCH3 is 1. The van der Waals surface area contributed by atoms with Crippen LogP contribution in [0.3, 0.4) is 0 Å². The first-order chi connectivity index (χ1) is 15.2. The van der Waals surface area contributed by atoms with Crippen molar-refractivity contribution in [1.29, 1.82) is 5.26 Å². The van der Waals surface area contributed by atoms with Crippen LogP contribution in [0, 0.1) is 23.2 Å². The van der Waals surface area contributed by atoms with Crippen LogP contribution >= 0.6 is 0 Å². The number of nitriles is 1. The summed E-state index contributed by atoms with van der Waals surface area (Å²) in [4.78, 5) is 2.81. The highest BCUT2D eigenvalue weighted by Crippen LogP contribution is 2.43. The van der Waals surface area contributed by atoms with E-state index in [-0.39, 0.29) is 0 Å². The second kappa shape index (κ2) is 9.05. The summed E-state index contributed by atoms with van der Waals surface area (Å²) in [5, 5.41) is 9.07. The first-order valence-corrected chi connectivity index (χ1v) is 12.2. The number of piperidine rings is 1. The van der Waals surface area contributed by atoms with Crippen LogP contribution in [0.15, 0.2) is 42.5 Å². The van der Waals surface area contributed by atoms with Gasteiger partial charge in [0, 0.05) is 6.04 Å². The largest absolute Gasteiger partial charge is 0.496 e. The molecule has 2 aliphatic carbocycles. The summed E-state index contributed by atoms with van der Waals surface area (Å²) in [5.41, 5.74) is 4.43. The maximum Gasteiger partial charge on any atom is 0.122 e. The summed E-state index contributed by atoms with van der Waals surface area (Å²) < 4.78 is 5.76. The van der Waals surface area contributed by atoms with Gasteiger partial charge in [-0.05, 0) is 110 Å². The Labute approximate surface area is 187 Å². The van der Waals surface area contributed by atoms with Gasteiger partial charge in [0.15, 0.2) is 0 Å². The smallest absolute Gasteiger partial charge is 0.122 e. The third-order valence-electron chi connectivity index (χ3n) is 8.23. The molecule has 0 amide bonds. The van der Waals surface area contributed by atoms with Crippen molar-refractivity contribution >= 4 is 0 Å². The zero-order chi connectivity index (χ0) is 21.2. The number of rotatable bonds is 4. The number of nitrogens with zero attached hydrogens (tertiary/aromatic N) is 2. The highest BCUT2D eigenvalue weighted by Gasteiger charge is 2.35. The molecule has 1 heterocycles. The average Bonchev–Trinajstić information content (AvgIpc) is 3.17. The Balaban J connectivity index is 1.29. The molecular weight excluding hydrogens is 380 g/mol. The SMILES string of the molecule is COc1ccc(-c2ccc(C#N)cc2)cc1C1CCN(C2CCC3CCC(C3)C2)CC1. The fraction of sp³-hybridized carbons (Fsp3) is 0.536. The van der Waals surface area contributed by atoms with E-state index in [2.05, 4.69) is 29.2 Å². The minimum Gasteiger partial charge on any atom is -0.496 e. The highest BCUT2D eigenvalue weighted by atomic mass is 16.5. The number of hydrogen-bond acceptors (Lipinski definition) is 3. The van der Waals surface area contributed by atoms with E-state index >= 15 is 0 Å². The van der Waals surface area contributed by atoms with Crippen molar-refractivity contribution in [2.75, 3.05) is 20.2 Å². The Kier molecular flexibility index (Phi) is 6.01. The van der Waals surface area contributed by atoms with E-state index in [1.807, 2.05) is 24.3 Å². The van der Waals surface area contributed by atoms with Gasteiger partial charge in [0.05, 0.1) is 18.7 Å². The van der Waals surface area contributed by atoms with Gasteiger partial charge in [0.25, 0.3) is 0 Å². The van der Waals surface area contributed by atoms with Gasteiger partial charge in [0.2, 0.25) is 0 Å². The van der Waals surface area contributed by atoms with E-state index in [0.717, 1.165) is 29.2 Å². The molecule has 2 aromatic carbocycles. The lowest BCUT2D eigenvalue weighted by atomic mass is 9.85. The summed E-state index contributed by atoms with van der Waals surface area (Å²) in [7, 11) is 1.79. The predicted molar refractivity (Wildman–Crippen MR) is 125 cm³/mol. The van der Waals surface area contributed by atoms with Crippen LogP contribution < -0.4 is 4.74 Å². The first-order valence-electron chi connectivity index (χ1n) is 12.2. The van der Waals surface area contributed by atoms with Crippen LogP contribution in [0.2, 0.25) is 0 Å². The Morgan fingerprint density at radius 1 is 0.839 bits per heavy atom.